The maximum absolute atomic E-state index is 13.2. The van der Waals surface area contributed by atoms with Gasteiger partial charge < -0.3 is 10.2 Å². The van der Waals surface area contributed by atoms with Crippen molar-refractivity contribution in [2.75, 3.05) is 0 Å². The van der Waals surface area contributed by atoms with E-state index in [2.05, 4.69) is 27.7 Å². The van der Waals surface area contributed by atoms with Gasteiger partial charge in [-0.1, -0.05) is 53.9 Å². The monoisotopic (exact) mass is 462 g/mol. The maximum atomic E-state index is 13.2. The van der Waals surface area contributed by atoms with E-state index in [0.717, 1.165) is 37.0 Å². The second-order valence-corrected chi connectivity index (χ2v) is 12.6. The van der Waals surface area contributed by atoms with Gasteiger partial charge in [-0.05, 0) is 79.4 Å². The Labute approximate surface area is 200 Å². The lowest BCUT2D eigenvalue weighted by atomic mass is 9.47. The number of carboxylic acid groups (broad SMARTS) is 2. The molecule has 188 valence electrons. The standard InChI is InChI=1S/C28H46O5/c1-17(2)7-6-8-18(3)21-10-11-22-20-9-12-24(29)28(5,23(20)13-14-27(21,22)4)16-19(26(32)33)15-25(30)31/h17-23H,6-16H2,1-5H3,(H,30,31)(H,32,33)/t18?,19-,20?,21?,22?,23?,27-,28-/m1/s1. The molecule has 3 aliphatic rings. The lowest BCUT2D eigenvalue weighted by Gasteiger charge is -2.56. The zero-order chi connectivity index (χ0) is 24.6. The van der Waals surface area contributed by atoms with Gasteiger partial charge >= 0.3 is 11.9 Å². The molecule has 3 fully saturated rings. The Morgan fingerprint density at radius 2 is 1.70 bits per heavy atom. The van der Waals surface area contributed by atoms with Crippen LogP contribution in [0.15, 0.2) is 0 Å². The Bertz CT molecular complexity index is 745. The molecule has 0 radical (unpaired) electrons. The first kappa shape index (κ1) is 26.2. The molecule has 0 spiro atoms. The minimum absolute atomic E-state index is 0.153. The van der Waals surface area contributed by atoms with Crippen LogP contribution in [0.2, 0.25) is 0 Å². The van der Waals surface area contributed by atoms with E-state index in [-0.39, 0.29) is 18.1 Å². The third kappa shape index (κ3) is 5.17. The van der Waals surface area contributed by atoms with Crippen molar-refractivity contribution in [1.82, 2.24) is 0 Å². The molecule has 0 saturated heterocycles. The molecular formula is C28H46O5. The van der Waals surface area contributed by atoms with Gasteiger partial charge in [-0.25, -0.2) is 0 Å². The SMILES string of the molecule is CC(C)CCCC(C)C1CCC2C3CCC(=O)[C@](C)(C[C@@H](CC(=O)O)C(=O)O)C3CC[C@]12C. The summed E-state index contributed by atoms with van der Waals surface area (Å²) in [5, 5.41) is 18.9. The van der Waals surface area contributed by atoms with Crippen LogP contribution in [0.25, 0.3) is 0 Å². The molecule has 0 aromatic carbocycles. The largest absolute Gasteiger partial charge is 0.481 e. The van der Waals surface area contributed by atoms with E-state index in [1.165, 1.54) is 32.1 Å². The first-order chi connectivity index (χ1) is 15.4. The van der Waals surface area contributed by atoms with Crippen LogP contribution in [0.3, 0.4) is 0 Å². The molecule has 3 rings (SSSR count). The number of Topliss-reactive ketones (excluding diaryl/α,β-unsaturated/α-hetero) is 1. The van der Waals surface area contributed by atoms with Crippen molar-refractivity contribution in [1.29, 1.82) is 0 Å². The average molecular weight is 463 g/mol. The van der Waals surface area contributed by atoms with Crippen LogP contribution < -0.4 is 0 Å². The summed E-state index contributed by atoms with van der Waals surface area (Å²) in [6.45, 7) is 11.5. The summed E-state index contributed by atoms with van der Waals surface area (Å²) in [5.74, 6) is 0.411. The molecule has 0 heterocycles. The molecule has 5 nitrogen and oxygen atoms in total. The number of hydrogen-bond acceptors (Lipinski definition) is 3. The fourth-order valence-electron chi connectivity index (χ4n) is 8.53. The summed E-state index contributed by atoms with van der Waals surface area (Å²) >= 11 is 0. The molecule has 3 saturated carbocycles. The van der Waals surface area contributed by atoms with E-state index in [0.29, 0.717) is 23.7 Å². The zero-order valence-corrected chi connectivity index (χ0v) is 21.4. The van der Waals surface area contributed by atoms with Crippen LogP contribution in [-0.4, -0.2) is 27.9 Å². The maximum Gasteiger partial charge on any atom is 0.307 e. The molecule has 3 aliphatic carbocycles. The smallest absolute Gasteiger partial charge is 0.307 e. The van der Waals surface area contributed by atoms with Crippen LogP contribution in [-0.2, 0) is 14.4 Å². The average Bonchev–Trinajstić information content (AvgIpc) is 3.07. The normalized spacial score (nSPS) is 37.9. The van der Waals surface area contributed by atoms with Crippen LogP contribution in [0.5, 0.6) is 0 Å². The van der Waals surface area contributed by atoms with Crippen LogP contribution in [0, 0.1) is 52.3 Å². The number of hydrogen-bond donors (Lipinski definition) is 2. The van der Waals surface area contributed by atoms with Crippen molar-refractivity contribution >= 4 is 17.7 Å². The highest BCUT2D eigenvalue weighted by Crippen LogP contribution is 2.66. The Balaban J connectivity index is 1.77. The van der Waals surface area contributed by atoms with E-state index < -0.39 is 29.7 Å². The molecular weight excluding hydrogens is 416 g/mol. The topological polar surface area (TPSA) is 91.7 Å². The molecule has 5 heteroatoms. The number of carboxylic acids is 2. The fraction of sp³-hybridized carbons (Fsp3) is 0.893. The molecule has 33 heavy (non-hydrogen) atoms. The molecule has 0 aliphatic heterocycles. The predicted octanol–water partition coefficient (Wildman–Crippen LogP) is 6.44. The molecule has 0 bridgehead atoms. The summed E-state index contributed by atoms with van der Waals surface area (Å²) < 4.78 is 0. The number of carbonyl (C=O) groups excluding carboxylic acids is 1. The quantitative estimate of drug-likeness (QED) is 0.390. The molecule has 0 aromatic rings. The van der Waals surface area contributed by atoms with Crippen LogP contribution >= 0.6 is 0 Å². The Hall–Kier alpha value is -1.39. The van der Waals surface area contributed by atoms with E-state index in [9.17, 15) is 24.6 Å². The summed E-state index contributed by atoms with van der Waals surface area (Å²) in [6, 6.07) is 0. The first-order valence-electron chi connectivity index (χ1n) is 13.4. The van der Waals surface area contributed by atoms with Gasteiger partial charge in [0.05, 0.1) is 12.3 Å². The van der Waals surface area contributed by atoms with Crippen LogP contribution in [0.4, 0.5) is 0 Å². The highest BCUT2D eigenvalue weighted by Gasteiger charge is 2.60. The van der Waals surface area contributed by atoms with Gasteiger partial charge in [0, 0.05) is 11.8 Å². The van der Waals surface area contributed by atoms with Crippen molar-refractivity contribution in [2.45, 2.75) is 105 Å². The molecule has 8 atom stereocenters. The fourth-order valence-corrected chi connectivity index (χ4v) is 8.53. The van der Waals surface area contributed by atoms with Gasteiger partial charge in [-0.2, -0.15) is 0 Å². The third-order valence-electron chi connectivity index (χ3n) is 10.2. The molecule has 5 unspecified atom stereocenters. The summed E-state index contributed by atoms with van der Waals surface area (Å²) in [5.41, 5.74) is -0.406. The van der Waals surface area contributed by atoms with Crippen molar-refractivity contribution in [2.24, 2.45) is 52.3 Å². The number of ketones is 1. The number of aliphatic carboxylic acids is 2. The van der Waals surface area contributed by atoms with Crippen molar-refractivity contribution in [3.63, 3.8) is 0 Å². The zero-order valence-electron chi connectivity index (χ0n) is 21.4. The minimum Gasteiger partial charge on any atom is -0.481 e. The second-order valence-electron chi connectivity index (χ2n) is 12.6. The van der Waals surface area contributed by atoms with E-state index >= 15 is 0 Å². The number of rotatable bonds is 10. The van der Waals surface area contributed by atoms with Gasteiger partial charge in [-0.15, -0.1) is 0 Å². The summed E-state index contributed by atoms with van der Waals surface area (Å²) in [7, 11) is 0. The highest BCUT2D eigenvalue weighted by molar-refractivity contribution is 5.87. The summed E-state index contributed by atoms with van der Waals surface area (Å²) in [6.07, 6.45) is 9.64. The Morgan fingerprint density at radius 1 is 1.00 bits per heavy atom. The van der Waals surface area contributed by atoms with Gasteiger partial charge in [0.2, 0.25) is 0 Å². The predicted molar refractivity (Wildman–Crippen MR) is 129 cm³/mol. The highest BCUT2D eigenvalue weighted by atomic mass is 16.4. The number of carbonyl (C=O) groups is 3. The van der Waals surface area contributed by atoms with Crippen molar-refractivity contribution in [3.8, 4) is 0 Å². The molecule has 2 N–H and O–H groups in total. The van der Waals surface area contributed by atoms with E-state index in [1.807, 2.05) is 6.92 Å². The Morgan fingerprint density at radius 3 is 2.30 bits per heavy atom. The van der Waals surface area contributed by atoms with Crippen molar-refractivity contribution in [3.05, 3.63) is 0 Å². The van der Waals surface area contributed by atoms with Gasteiger partial charge in [0.15, 0.2) is 0 Å². The molecule has 0 amide bonds. The van der Waals surface area contributed by atoms with Gasteiger partial charge in [-0.3, -0.25) is 14.4 Å². The first-order valence-corrected chi connectivity index (χ1v) is 13.4. The lowest BCUT2D eigenvalue weighted by Crippen LogP contribution is -2.53. The van der Waals surface area contributed by atoms with Gasteiger partial charge in [0.1, 0.15) is 5.78 Å². The Kier molecular flexibility index (Phi) is 8.01. The number of fused-ring (bicyclic) bond motifs is 3. The molecule has 0 aromatic heterocycles. The van der Waals surface area contributed by atoms with E-state index in [4.69, 9.17) is 0 Å². The lowest BCUT2D eigenvalue weighted by molar-refractivity contribution is -0.156. The summed E-state index contributed by atoms with van der Waals surface area (Å²) in [4.78, 5) is 36.3. The van der Waals surface area contributed by atoms with Gasteiger partial charge in [0.25, 0.3) is 0 Å². The van der Waals surface area contributed by atoms with E-state index in [1.54, 1.807) is 0 Å². The minimum atomic E-state index is -1.10. The second kappa shape index (κ2) is 10.1. The van der Waals surface area contributed by atoms with Crippen molar-refractivity contribution < 1.29 is 24.6 Å². The van der Waals surface area contributed by atoms with Crippen LogP contribution in [0.1, 0.15) is 105 Å². The third-order valence-corrected chi connectivity index (χ3v) is 10.2.